The molecule has 0 aromatic carbocycles. The molecule has 8 heteroatoms. The molecule has 3 unspecified atom stereocenters. The molecule has 3 amide bonds. The highest BCUT2D eigenvalue weighted by Crippen LogP contribution is 2.65. The Balaban J connectivity index is 2.01. The van der Waals surface area contributed by atoms with E-state index in [2.05, 4.69) is 31.4 Å². The van der Waals surface area contributed by atoms with Crippen molar-refractivity contribution in [2.75, 3.05) is 20.2 Å². The van der Waals surface area contributed by atoms with E-state index >= 15 is 0 Å². The second-order valence-corrected chi connectivity index (χ2v) is 12.4. The molecule has 3 fully saturated rings. The van der Waals surface area contributed by atoms with E-state index in [0.717, 1.165) is 6.42 Å². The summed E-state index contributed by atoms with van der Waals surface area (Å²) in [6, 6.07) is -0.799. The maximum absolute atomic E-state index is 13.9. The number of aliphatic hydroxyl groups is 1. The Hall–Kier alpha value is -1.67. The van der Waals surface area contributed by atoms with Gasteiger partial charge < -0.3 is 25.4 Å². The van der Waals surface area contributed by atoms with Crippen molar-refractivity contribution in [1.82, 2.24) is 15.5 Å². The predicted octanol–water partition coefficient (Wildman–Crippen LogP) is 1.85. The number of nitrogens with one attached hydrogen (secondary N) is 2. The van der Waals surface area contributed by atoms with Crippen molar-refractivity contribution in [1.29, 1.82) is 0 Å². The average Bonchev–Trinajstić information content (AvgIpc) is 3.16. The molecule has 33 heavy (non-hydrogen) atoms. The number of unbranched alkanes of at least 4 members (excludes halogenated alkanes) is 1. The molecular weight excluding hydrogens is 422 g/mol. The number of rotatable bonds is 8. The topological polar surface area (TPSA) is 108 Å². The lowest BCUT2D eigenvalue weighted by atomic mass is 9.62. The van der Waals surface area contributed by atoms with Gasteiger partial charge in [-0.2, -0.15) is 0 Å². The van der Waals surface area contributed by atoms with Crippen molar-refractivity contribution in [3.8, 4) is 0 Å². The number of aliphatic hydroxyl groups excluding tert-OH is 1. The molecule has 3 aliphatic rings. The Morgan fingerprint density at radius 2 is 1.82 bits per heavy atom. The molecule has 0 aromatic rings. The van der Waals surface area contributed by atoms with Gasteiger partial charge in [0.05, 0.1) is 17.4 Å². The van der Waals surface area contributed by atoms with E-state index in [9.17, 15) is 19.5 Å². The number of hydrogen-bond donors (Lipinski definition) is 3. The molecule has 6 atom stereocenters. The number of ether oxygens (including phenoxy) is 1. The van der Waals surface area contributed by atoms with Crippen LogP contribution in [0.4, 0.5) is 0 Å². The molecule has 1 spiro atoms. The number of nitrogens with zero attached hydrogens (tertiary/aromatic N) is 1. The van der Waals surface area contributed by atoms with Gasteiger partial charge in [0, 0.05) is 25.7 Å². The number of carbonyl (C=O) groups excluding carboxylic acids is 3. The fourth-order valence-electron chi connectivity index (χ4n) is 7.00. The molecule has 3 rings (SSSR count). The van der Waals surface area contributed by atoms with Gasteiger partial charge in [0.25, 0.3) is 0 Å². The zero-order chi connectivity index (χ0) is 25.0. The molecule has 0 aliphatic carbocycles. The van der Waals surface area contributed by atoms with E-state index in [1.807, 2.05) is 27.7 Å². The van der Waals surface area contributed by atoms with Crippen molar-refractivity contribution in [3.63, 3.8) is 0 Å². The third-order valence-corrected chi connectivity index (χ3v) is 7.83. The smallest absolute Gasteiger partial charge is 0.246 e. The molecule has 0 aromatic heterocycles. The summed E-state index contributed by atoms with van der Waals surface area (Å²) in [5, 5.41) is 15.2. The van der Waals surface area contributed by atoms with Crippen LogP contribution in [0.5, 0.6) is 0 Å². The van der Waals surface area contributed by atoms with Crippen LogP contribution in [0.3, 0.4) is 0 Å². The molecule has 188 valence electrons. The van der Waals surface area contributed by atoms with Crippen LogP contribution in [-0.4, -0.2) is 70.7 Å². The van der Waals surface area contributed by atoms with Crippen LogP contribution in [0, 0.1) is 23.2 Å². The van der Waals surface area contributed by atoms with Crippen molar-refractivity contribution in [2.24, 2.45) is 23.2 Å². The number of hydrogen-bond acceptors (Lipinski definition) is 5. The first-order chi connectivity index (χ1) is 15.1. The summed E-state index contributed by atoms with van der Waals surface area (Å²) < 4.78 is 6.64. The highest BCUT2D eigenvalue weighted by Gasteiger charge is 2.79. The Bertz CT molecular complexity index is 806. The molecular formula is C25H43N3O5. The average molecular weight is 466 g/mol. The Morgan fingerprint density at radius 3 is 2.36 bits per heavy atom. The van der Waals surface area contributed by atoms with Crippen molar-refractivity contribution in [2.45, 2.75) is 96.9 Å². The van der Waals surface area contributed by atoms with Gasteiger partial charge in [-0.3, -0.25) is 14.4 Å². The molecule has 3 N–H and O–H groups in total. The highest BCUT2D eigenvalue weighted by molar-refractivity contribution is 5.99. The van der Waals surface area contributed by atoms with Crippen molar-refractivity contribution < 1.29 is 24.2 Å². The Kier molecular flexibility index (Phi) is 6.70. The number of carbonyl (C=O) groups is 3. The van der Waals surface area contributed by atoms with Crippen LogP contribution in [0.25, 0.3) is 0 Å². The van der Waals surface area contributed by atoms with Gasteiger partial charge in [0.15, 0.2) is 0 Å². The minimum absolute atomic E-state index is 0.0124. The van der Waals surface area contributed by atoms with Crippen LogP contribution < -0.4 is 10.6 Å². The second-order valence-electron chi connectivity index (χ2n) is 12.4. The molecule has 3 saturated heterocycles. The summed E-state index contributed by atoms with van der Waals surface area (Å²) in [7, 11) is 1.58. The summed E-state index contributed by atoms with van der Waals surface area (Å²) in [6.45, 7) is 14.7. The van der Waals surface area contributed by atoms with Crippen molar-refractivity contribution >= 4 is 17.7 Å². The third kappa shape index (κ3) is 4.29. The molecule has 3 aliphatic heterocycles. The zero-order valence-electron chi connectivity index (χ0n) is 21.6. The molecule has 0 radical (unpaired) electrons. The van der Waals surface area contributed by atoms with Crippen LogP contribution in [-0.2, 0) is 19.1 Å². The lowest BCUT2D eigenvalue weighted by molar-refractivity contribution is -0.148. The minimum atomic E-state index is -1.02. The summed E-state index contributed by atoms with van der Waals surface area (Å²) in [5.41, 5.74) is -2.28. The third-order valence-electron chi connectivity index (χ3n) is 7.83. The van der Waals surface area contributed by atoms with Crippen LogP contribution in [0.15, 0.2) is 0 Å². The SMILES string of the molecule is CNC(=O)[C@@H]1[C@H]2C(=O)N(CCCCO)C(C(=O)NC(C)(C)CC(C)(C)C)C23CC(C)[C@@]1(C)O3. The second kappa shape index (κ2) is 8.52. The van der Waals surface area contributed by atoms with Crippen LogP contribution >= 0.6 is 0 Å². The molecule has 0 saturated carbocycles. The van der Waals surface area contributed by atoms with E-state index in [4.69, 9.17) is 4.74 Å². The predicted molar refractivity (Wildman–Crippen MR) is 125 cm³/mol. The molecule has 8 nitrogen and oxygen atoms in total. The van der Waals surface area contributed by atoms with E-state index < -0.39 is 34.6 Å². The number of fused-ring (bicyclic) bond motifs is 1. The Morgan fingerprint density at radius 1 is 1.18 bits per heavy atom. The lowest BCUT2D eigenvalue weighted by Gasteiger charge is -2.38. The quantitative estimate of drug-likeness (QED) is 0.474. The maximum Gasteiger partial charge on any atom is 0.246 e. The maximum atomic E-state index is 13.9. The monoisotopic (exact) mass is 465 g/mol. The van der Waals surface area contributed by atoms with Crippen LogP contribution in [0.1, 0.15) is 74.1 Å². The fraction of sp³-hybridized carbons (Fsp3) is 0.880. The number of amides is 3. The van der Waals surface area contributed by atoms with Gasteiger partial charge in [-0.05, 0) is 57.8 Å². The fourth-order valence-corrected chi connectivity index (χ4v) is 7.00. The van der Waals surface area contributed by atoms with Gasteiger partial charge in [-0.15, -0.1) is 0 Å². The summed E-state index contributed by atoms with van der Waals surface area (Å²) in [6.07, 6.45) is 2.45. The first-order valence-corrected chi connectivity index (χ1v) is 12.3. The van der Waals surface area contributed by atoms with Crippen molar-refractivity contribution in [3.05, 3.63) is 0 Å². The zero-order valence-corrected chi connectivity index (χ0v) is 21.6. The van der Waals surface area contributed by atoms with Crippen LogP contribution in [0.2, 0.25) is 0 Å². The summed E-state index contributed by atoms with van der Waals surface area (Å²) >= 11 is 0. The minimum Gasteiger partial charge on any atom is -0.396 e. The molecule has 3 heterocycles. The first-order valence-electron chi connectivity index (χ1n) is 12.3. The van der Waals surface area contributed by atoms with Gasteiger partial charge in [-0.1, -0.05) is 27.7 Å². The highest BCUT2D eigenvalue weighted by atomic mass is 16.5. The standard InChI is InChI=1S/C25H43N3O5/c1-15-13-25-17(16(19(30)26-8)24(15,7)33-25)21(32)28(11-9-10-12-29)18(25)20(31)27-23(5,6)14-22(2,3)4/h15-18,29H,9-14H2,1-8H3,(H,26,30)(H,27,31)/t15?,16-,17-,18?,24+,25?/m0/s1. The largest absolute Gasteiger partial charge is 0.396 e. The summed E-state index contributed by atoms with van der Waals surface area (Å²) in [4.78, 5) is 42.3. The normalized spacial score (nSPS) is 35.7. The molecule has 2 bridgehead atoms. The van der Waals surface area contributed by atoms with Gasteiger partial charge in [0.1, 0.15) is 11.6 Å². The lowest BCUT2D eigenvalue weighted by Crippen LogP contribution is -2.59. The van der Waals surface area contributed by atoms with E-state index in [0.29, 0.717) is 25.8 Å². The van der Waals surface area contributed by atoms with E-state index in [1.54, 1.807) is 11.9 Å². The van der Waals surface area contributed by atoms with Gasteiger partial charge >= 0.3 is 0 Å². The Labute approximate surface area is 198 Å². The first kappa shape index (κ1) is 25.9. The summed E-state index contributed by atoms with van der Waals surface area (Å²) in [5.74, 6) is -1.93. The van der Waals surface area contributed by atoms with Gasteiger partial charge in [0.2, 0.25) is 17.7 Å². The van der Waals surface area contributed by atoms with E-state index in [1.165, 1.54) is 0 Å². The number of likely N-dealkylation sites (tertiary alicyclic amines) is 1. The van der Waals surface area contributed by atoms with E-state index in [-0.39, 0.29) is 35.7 Å². The van der Waals surface area contributed by atoms with Gasteiger partial charge in [-0.25, -0.2) is 0 Å².